The van der Waals surface area contributed by atoms with Crippen LogP contribution in [-0.2, 0) is 24.3 Å². The number of carboxylic acid groups (broad SMARTS) is 1. The second-order valence-electron chi connectivity index (χ2n) is 9.67. The number of nitrogens with zero attached hydrogens (tertiary/aromatic N) is 4. The van der Waals surface area contributed by atoms with Crippen molar-refractivity contribution in [2.75, 3.05) is 6.61 Å². The molecule has 41 heavy (non-hydrogen) atoms. The molecule has 11 heteroatoms. The van der Waals surface area contributed by atoms with Crippen LogP contribution in [0.2, 0.25) is 5.02 Å². The van der Waals surface area contributed by atoms with Crippen LogP contribution in [0.4, 0.5) is 8.78 Å². The molecule has 1 aliphatic heterocycles. The number of ether oxygens (including phenoxy) is 2. The van der Waals surface area contributed by atoms with E-state index in [2.05, 4.69) is 9.97 Å². The van der Waals surface area contributed by atoms with Gasteiger partial charge in [0.05, 0.1) is 34.9 Å². The third-order valence-corrected chi connectivity index (χ3v) is 7.17. The van der Waals surface area contributed by atoms with E-state index in [4.69, 9.17) is 26.1 Å². The van der Waals surface area contributed by atoms with Gasteiger partial charge in [0.2, 0.25) is 0 Å². The minimum absolute atomic E-state index is 0.0177. The largest absolute Gasteiger partial charge is 0.478 e. The fourth-order valence-corrected chi connectivity index (χ4v) is 4.84. The maximum absolute atomic E-state index is 15.4. The molecule has 0 aliphatic carbocycles. The molecular formula is C30H23ClF2N4O4. The number of fused-ring (bicyclic) bond motifs is 1. The van der Waals surface area contributed by atoms with Gasteiger partial charge in [0.15, 0.2) is 0 Å². The molecule has 2 aromatic heterocycles. The van der Waals surface area contributed by atoms with Gasteiger partial charge in [0, 0.05) is 35.4 Å². The lowest BCUT2D eigenvalue weighted by Gasteiger charge is -2.27. The van der Waals surface area contributed by atoms with Crippen molar-refractivity contribution in [2.45, 2.75) is 32.1 Å². The van der Waals surface area contributed by atoms with Crippen LogP contribution in [0.3, 0.4) is 0 Å². The van der Waals surface area contributed by atoms with Gasteiger partial charge in [-0.3, -0.25) is 0 Å². The summed E-state index contributed by atoms with van der Waals surface area (Å²) < 4.78 is 42.5. The summed E-state index contributed by atoms with van der Waals surface area (Å²) in [7, 11) is 0. The van der Waals surface area contributed by atoms with E-state index in [1.54, 1.807) is 36.4 Å². The topological polar surface area (TPSA) is 99.4 Å². The first kappa shape index (κ1) is 26.8. The van der Waals surface area contributed by atoms with Crippen molar-refractivity contribution in [3.8, 4) is 17.3 Å². The van der Waals surface area contributed by atoms with Gasteiger partial charge in [-0.05, 0) is 60.5 Å². The molecule has 0 saturated carbocycles. The highest BCUT2D eigenvalue weighted by Crippen LogP contribution is 2.27. The van der Waals surface area contributed by atoms with E-state index in [1.165, 1.54) is 30.5 Å². The molecule has 1 atom stereocenters. The Balaban J connectivity index is 1.23. The number of aromatic carboxylic acids is 1. The number of halogens is 3. The quantitative estimate of drug-likeness (QED) is 0.227. The number of hydrogen-bond acceptors (Lipinski definition) is 6. The Bertz CT molecular complexity index is 1770. The molecule has 208 valence electrons. The monoisotopic (exact) mass is 576 g/mol. The molecule has 0 bridgehead atoms. The molecule has 5 aromatic rings. The number of benzene rings is 3. The van der Waals surface area contributed by atoms with Crippen LogP contribution in [0.25, 0.3) is 22.3 Å². The molecule has 3 aromatic carbocycles. The zero-order chi connectivity index (χ0) is 28.5. The molecule has 0 radical (unpaired) electrons. The van der Waals surface area contributed by atoms with Crippen molar-refractivity contribution in [1.29, 1.82) is 0 Å². The van der Waals surface area contributed by atoms with Crippen molar-refractivity contribution in [1.82, 2.24) is 19.5 Å². The third-order valence-electron chi connectivity index (χ3n) is 6.93. The first-order chi connectivity index (χ1) is 19.8. The first-order valence-corrected chi connectivity index (χ1v) is 13.2. The van der Waals surface area contributed by atoms with Gasteiger partial charge < -0.3 is 19.1 Å². The third kappa shape index (κ3) is 5.75. The van der Waals surface area contributed by atoms with E-state index in [0.717, 1.165) is 6.42 Å². The van der Waals surface area contributed by atoms with Gasteiger partial charge in [-0.2, -0.15) is 4.98 Å². The average Bonchev–Trinajstić information content (AvgIpc) is 3.26. The highest BCUT2D eigenvalue weighted by atomic mass is 35.5. The Morgan fingerprint density at radius 2 is 1.93 bits per heavy atom. The van der Waals surface area contributed by atoms with Crippen LogP contribution < -0.4 is 4.74 Å². The van der Waals surface area contributed by atoms with Gasteiger partial charge in [-0.25, -0.2) is 23.5 Å². The summed E-state index contributed by atoms with van der Waals surface area (Å²) in [6.45, 7) is 1.10. The molecule has 0 spiro atoms. The van der Waals surface area contributed by atoms with Crippen molar-refractivity contribution in [3.63, 3.8) is 0 Å². The summed E-state index contributed by atoms with van der Waals surface area (Å²) in [5.41, 5.74) is 3.05. The van der Waals surface area contributed by atoms with Gasteiger partial charge in [0.25, 0.3) is 0 Å². The molecule has 1 saturated heterocycles. The van der Waals surface area contributed by atoms with E-state index in [9.17, 15) is 14.3 Å². The maximum atomic E-state index is 15.4. The lowest BCUT2D eigenvalue weighted by molar-refractivity contribution is -0.0589. The summed E-state index contributed by atoms with van der Waals surface area (Å²) in [6.07, 6.45) is 2.69. The van der Waals surface area contributed by atoms with Gasteiger partial charge in [0.1, 0.15) is 24.1 Å². The second-order valence-corrected chi connectivity index (χ2v) is 10.1. The molecule has 1 fully saturated rings. The molecule has 0 unspecified atom stereocenters. The van der Waals surface area contributed by atoms with E-state index in [1.807, 2.05) is 4.57 Å². The molecular weight excluding hydrogens is 554 g/mol. The minimum atomic E-state index is -1.02. The number of carbonyl (C=O) groups is 1. The molecule has 1 aliphatic rings. The molecule has 3 heterocycles. The molecule has 0 amide bonds. The SMILES string of the molecule is O=C(O)c1ccc2nc(Cc3ccc(-c4ccnc(OCc5ccc(Cl)cc5F)n4)c(F)c3)n(C[C@@H]3CCO3)c2c1. The Morgan fingerprint density at radius 3 is 2.66 bits per heavy atom. The highest BCUT2D eigenvalue weighted by Gasteiger charge is 2.23. The molecule has 1 N–H and O–H groups in total. The van der Waals surface area contributed by atoms with E-state index in [0.29, 0.717) is 47.7 Å². The van der Waals surface area contributed by atoms with E-state index >= 15 is 4.39 Å². The van der Waals surface area contributed by atoms with Crippen LogP contribution in [0.1, 0.15) is 33.7 Å². The summed E-state index contributed by atoms with van der Waals surface area (Å²) in [4.78, 5) is 24.6. The van der Waals surface area contributed by atoms with Crippen molar-refractivity contribution < 1.29 is 28.2 Å². The Kier molecular flexibility index (Phi) is 7.34. The number of aromatic nitrogens is 4. The number of hydrogen-bond donors (Lipinski definition) is 1. The summed E-state index contributed by atoms with van der Waals surface area (Å²) in [5.74, 6) is -1.34. The van der Waals surface area contributed by atoms with Crippen LogP contribution in [-0.4, -0.2) is 43.3 Å². The van der Waals surface area contributed by atoms with Gasteiger partial charge >= 0.3 is 12.0 Å². The van der Waals surface area contributed by atoms with E-state index in [-0.39, 0.29) is 40.4 Å². The first-order valence-electron chi connectivity index (χ1n) is 12.9. The number of imidazole rings is 1. The predicted molar refractivity (Wildman–Crippen MR) is 147 cm³/mol. The fraction of sp³-hybridized carbons (Fsp3) is 0.200. The van der Waals surface area contributed by atoms with E-state index < -0.39 is 17.6 Å². The number of rotatable bonds is 9. The summed E-state index contributed by atoms with van der Waals surface area (Å²) >= 11 is 5.79. The van der Waals surface area contributed by atoms with Gasteiger partial charge in [-0.1, -0.05) is 23.7 Å². The van der Waals surface area contributed by atoms with Crippen LogP contribution in [0.15, 0.2) is 66.9 Å². The predicted octanol–water partition coefficient (Wildman–Crippen LogP) is 6.08. The molecule has 8 nitrogen and oxygen atoms in total. The standard InChI is InChI=1S/C30H23ClF2N4O4/c31-20-4-2-19(23(32)14-20)16-41-30-34-9-7-25(36-30)22-5-1-17(11-24(22)33)12-28-35-26-6-3-18(29(38)39)13-27(26)37(28)15-21-8-10-40-21/h1-7,9,11,13-14,21H,8,10,12,15-16H2,(H,38,39)/t21-/m0/s1. The maximum Gasteiger partial charge on any atom is 0.335 e. The Hall–Kier alpha value is -4.41. The average molecular weight is 577 g/mol. The van der Waals surface area contributed by atoms with Crippen molar-refractivity contribution in [2.24, 2.45) is 0 Å². The highest BCUT2D eigenvalue weighted by molar-refractivity contribution is 6.30. The zero-order valence-corrected chi connectivity index (χ0v) is 22.3. The van der Waals surface area contributed by atoms with Crippen LogP contribution in [0.5, 0.6) is 6.01 Å². The zero-order valence-electron chi connectivity index (χ0n) is 21.6. The Labute approximate surface area is 238 Å². The lowest BCUT2D eigenvalue weighted by atomic mass is 10.1. The van der Waals surface area contributed by atoms with Gasteiger partial charge in [-0.15, -0.1) is 0 Å². The smallest absolute Gasteiger partial charge is 0.335 e. The lowest BCUT2D eigenvalue weighted by Crippen LogP contribution is -2.31. The fourth-order valence-electron chi connectivity index (χ4n) is 4.68. The van der Waals surface area contributed by atoms with Crippen molar-refractivity contribution >= 4 is 28.6 Å². The Morgan fingerprint density at radius 1 is 1.07 bits per heavy atom. The molecule has 6 rings (SSSR count). The number of carboxylic acids is 1. The minimum Gasteiger partial charge on any atom is -0.478 e. The van der Waals surface area contributed by atoms with Crippen LogP contribution >= 0.6 is 11.6 Å². The second kappa shape index (κ2) is 11.2. The summed E-state index contributed by atoms with van der Waals surface area (Å²) in [6, 6.07) is 15.4. The normalized spacial score (nSPS) is 14.7. The van der Waals surface area contributed by atoms with Crippen LogP contribution in [0, 0.1) is 11.6 Å². The summed E-state index contributed by atoms with van der Waals surface area (Å²) in [5, 5.41) is 9.73. The van der Waals surface area contributed by atoms with Crippen molar-refractivity contribution in [3.05, 3.63) is 106 Å².